The molecule has 0 bridgehead atoms. The number of pyridine rings is 1. The van der Waals surface area contributed by atoms with Gasteiger partial charge in [-0.25, -0.2) is 0 Å². The summed E-state index contributed by atoms with van der Waals surface area (Å²) in [6, 6.07) is 7.48. The quantitative estimate of drug-likeness (QED) is 0.657. The number of aromatic nitrogens is 1. The van der Waals surface area contributed by atoms with Crippen molar-refractivity contribution in [2.24, 2.45) is 0 Å². The lowest BCUT2D eigenvalue weighted by Gasteiger charge is -2.15. The highest BCUT2D eigenvalue weighted by Crippen LogP contribution is 2.36. The van der Waals surface area contributed by atoms with Crippen molar-refractivity contribution in [1.82, 2.24) is 4.98 Å². The summed E-state index contributed by atoms with van der Waals surface area (Å²) >= 11 is 0. The monoisotopic (exact) mass is 229 g/mol. The first-order chi connectivity index (χ1) is 8.27. The molecule has 0 spiro atoms. The van der Waals surface area contributed by atoms with E-state index in [1.807, 2.05) is 24.3 Å². The highest BCUT2D eigenvalue weighted by Gasteiger charge is 2.18. The van der Waals surface area contributed by atoms with Crippen LogP contribution < -0.4 is 0 Å². The van der Waals surface area contributed by atoms with Crippen molar-refractivity contribution < 1.29 is 8.78 Å². The van der Waals surface area contributed by atoms with Crippen LogP contribution in [0.1, 0.15) is 17.7 Å². The third-order valence-corrected chi connectivity index (χ3v) is 2.96. The number of hydrogen-bond donors (Lipinski definition) is 0. The van der Waals surface area contributed by atoms with Gasteiger partial charge in [-0.2, -0.15) is 8.78 Å². The fourth-order valence-corrected chi connectivity index (χ4v) is 2.18. The fourth-order valence-electron chi connectivity index (χ4n) is 2.18. The number of rotatable bonds is 0. The molecule has 0 amide bonds. The Hall–Kier alpha value is -2.03. The molecule has 0 fully saturated rings. The van der Waals surface area contributed by atoms with E-state index >= 15 is 0 Å². The van der Waals surface area contributed by atoms with Gasteiger partial charge in [0.15, 0.2) is 0 Å². The number of benzene rings is 1. The Balaban J connectivity index is 2.45. The smallest absolute Gasteiger partial charge is 0.256 e. The van der Waals surface area contributed by atoms with Crippen LogP contribution in [0.25, 0.3) is 22.4 Å². The molecule has 84 valence electrons. The third-order valence-electron chi connectivity index (χ3n) is 2.96. The molecule has 3 heteroatoms. The van der Waals surface area contributed by atoms with Gasteiger partial charge in [0.2, 0.25) is 0 Å². The summed E-state index contributed by atoms with van der Waals surface area (Å²) in [7, 11) is 0. The Morgan fingerprint density at radius 3 is 2.82 bits per heavy atom. The van der Waals surface area contributed by atoms with Gasteiger partial charge in [0.05, 0.1) is 5.69 Å². The molecule has 1 aromatic heterocycles. The number of allylic oxidation sites excluding steroid dienone is 2. The van der Waals surface area contributed by atoms with E-state index in [4.69, 9.17) is 0 Å². The average molecular weight is 229 g/mol. The van der Waals surface area contributed by atoms with Gasteiger partial charge in [0, 0.05) is 22.7 Å². The van der Waals surface area contributed by atoms with Crippen LogP contribution in [-0.4, -0.2) is 4.98 Å². The molecule has 1 nitrogen and oxygen atoms in total. The lowest BCUT2D eigenvalue weighted by Crippen LogP contribution is -1.98. The zero-order valence-corrected chi connectivity index (χ0v) is 8.95. The van der Waals surface area contributed by atoms with E-state index in [0.29, 0.717) is 11.3 Å². The van der Waals surface area contributed by atoms with Crippen molar-refractivity contribution in [1.29, 1.82) is 0 Å². The Labute approximate surface area is 97.1 Å². The molecule has 1 aliphatic carbocycles. The van der Waals surface area contributed by atoms with Crippen molar-refractivity contribution in [2.75, 3.05) is 0 Å². The summed E-state index contributed by atoms with van der Waals surface area (Å²) in [5.41, 5.74) is 1.29. The summed E-state index contributed by atoms with van der Waals surface area (Å²) in [5.74, 6) is 0. The second-order valence-corrected chi connectivity index (χ2v) is 3.95. The SMILES string of the molecule is FC(F)=C1CC=Cc2ncc3ccccc3c21. The maximum atomic E-state index is 12.9. The first-order valence-electron chi connectivity index (χ1n) is 5.36. The molecule has 0 saturated heterocycles. The number of halogens is 2. The normalized spacial score (nSPS) is 13.9. The van der Waals surface area contributed by atoms with E-state index in [-0.39, 0.29) is 12.0 Å². The van der Waals surface area contributed by atoms with Crippen LogP contribution >= 0.6 is 0 Å². The van der Waals surface area contributed by atoms with E-state index in [0.717, 1.165) is 10.8 Å². The summed E-state index contributed by atoms with van der Waals surface area (Å²) in [6.45, 7) is 0. The predicted octanol–water partition coefficient (Wildman–Crippen LogP) is 4.26. The molecule has 2 aromatic rings. The minimum Gasteiger partial charge on any atom is -0.256 e. The van der Waals surface area contributed by atoms with Crippen molar-refractivity contribution in [3.63, 3.8) is 0 Å². The Morgan fingerprint density at radius 2 is 2.00 bits per heavy atom. The summed E-state index contributed by atoms with van der Waals surface area (Å²) in [4.78, 5) is 4.23. The van der Waals surface area contributed by atoms with Gasteiger partial charge in [-0.1, -0.05) is 30.3 Å². The van der Waals surface area contributed by atoms with Gasteiger partial charge in [-0.3, -0.25) is 4.98 Å². The summed E-state index contributed by atoms with van der Waals surface area (Å²) < 4.78 is 25.9. The largest absolute Gasteiger partial charge is 0.274 e. The van der Waals surface area contributed by atoms with Crippen LogP contribution in [0.2, 0.25) is 0 Å². The van der Waals surface area contributed by atoms with Gasteiger partial charge in [0.25, 0.3) is 6.08 Å². The van der Waals surface area contributed by atoms with E-state index < -0.39 is 6.08 Å². The van der Waals surface area contributed by atoms with Gasteiger partial charge >= 0.3 is 0 Å². The maximum Gasteiger partial charge on any atom is 0.274 e. The van der Waals surface area contributed by atoms with Gasteiger partial charge in [-0.15, -0.1) is 0 Å². The number of fused-ring (bicyclic) bond motifs is 3. The van der Waals surface area contributed by atoms with E-state index in [1.165, 1.54) is 0 Å². The molecule has 0 aliphatic heterocycles. The second-order valence-electron chi connectivity index (χ2n) is 3.95. The maximum absolute atomic E-state index is 12.9. The molecule has 1 heterocycles. The zero-order chi connectivity index (χ0) is 11.8. The van der Waals surface area contributed by atoms with Crippen LogP contribution in [0, 0.1) is 0 Å². The molecular weight excluding hydrogens is 220 g/mol. The summed E-state index contributed by atoms with van der Waals surface area (Å²) in [5, 5.41) is 1.73. The van der Waals surface area contributed by atoms with Gasteiger partial charge in [-0.05, 0) is 17.9 Å². The first kappa shape index (κ1) is 10.1. The lowest BCUT2D eigenvalue weighted by molar-refractivity contribution is 0.424. The average Bonchev–Trinajstić information content (AvgIpc) is 2.37. The first-order valence-corrected chi connectivity index (χ1v) is 5.36. The van der Waals surface area contributed by atoms with Crippen molar-refractivity contribution in [3.05, 3.63) is 53.9 Å². The molecule has 0 atom stereocenters. The van der Waals surface area contributed by atoms with Gasteiger partial charge < -0.3 is 0 Å². The Bertz CT molecular complexity index is 652. The molecule has 0 N–H and O–H groups in total. The molecular formula is C14H9F2N. The minimum atomic E-state index is -1.62. The second kappa shape index (κ2) is 3.77. The van der Waals surface area contributed by atoms with E-state index in [1.54, 1.807) is 18.3 Å². The predicted molar refractivity (Wildman–Crippen MR) is 64.5 cm³/mol. The fraction of sp³-hybridized carbons (Fsp3) is 0.0714. The molecule has 1 aliphatic rings. The van der Waals surface area contributed by atoms with E-state index in [9.17, 15) is 8.78 Å². The molecule has 1 aromatic carbocycles. The zero-order valence-electron chi connectivity index (χ0n) is 8.95. The number of nitrogens with zero attached hydrogens (tertiary/aromatic N) is 1. The summed E-state index contributed by atoms with van der Waals surface area (Å²) in [6.07, 6.45) is 3.89. The van der Waals surface area contributed by atoms with Crippen LogP contribution in [0.3, 0.4) is 0 Å². The van der Waals surface area contributed by atoms with Crippen LogP contribution in [0.4, 0.5) is 8.78 Å². The molecule has 3 rings (SSSR count). The minimum absolute atomic E-state index is 0.0896. The Morgan fingerprint density at radius 1 is 1.18 bits per heavy atom. The van der Waals surface area contributed by atoms with Crippen LogP contribution in [0.15, 0.2) is 42.6 Å². The third kappa shape index (κ3) is 1.55. The molecule has 0 unspecified atom stereocenters. The van der Waals surface area contributed by atoms with Crippen LogP contribution in [-0.2, 0) is 0 Å². The Kier molecular flexibility index (Phi) is 2.25. The van der Waals surface area contributed by atoms with Gasteiger partial charge in [0.1, 0.15) is 0 Å². The van der Waals surface area contributed by atoms with E-state index in [2.05, 4.69) is 4.98 Å². The number of hydrogen-bond acceptors (Lipinski definition) is 1. The topological polar surface area (TPSA) is 12.9 Å². The van der Waals surface area contributed by atoms with Crippen molar-refractivity contribution in [3.8, 4) is 0 Å². The lowest BCUT2D eigenvalue weighted by atomic mass is 9.92. The molecule has 0 saturated carbocycles. The highest BCUT2D eigenvalue weighted by molar-refractivity contribution is 5.97. The molecule has 17 heavy (non-hydrogen) atoms. The van der Waals surface area contributed by atoms with Crippen molar-refractivity contribution >= 4 is 22.4 Å². The van der Waals surface area contributed by atoms with Crippen molar-refractivity contribution in [2.45, 2.75) is 6.42 Å². The highest BCUT2D eigenvalue weighted by atomic mass is 19.3. The molecule has 0 radical (unpaired) electrons. The van der Waals surface area contributed by atoms with Crippen LogP contribution in [0.5, 0.6) is 0 Å². The standard InChI is InChI=1S/C14H9F2N/c15-14(16)11-6-3-7-12-13(11)10-5-2-1-4-9(10)8-17-12/h1-5,7-8H,6H2.